The highest BCUT2D eigenvalue weighted by molar-refractivity contribution is 5.76. The summed E-state index contributed by atoms with van der Waals surface area (Å²) in [6.07, 6.45) is 1.05. The van der Waals surface area contributed by atoms with Gasteiger partial charge in [-0.15, -0.1) is 0 Å². The average Bonchev–Trinajstić information content (AvgIpc) is 2.58. The van der Waals surface area contributed by atoms with Crippen molar-refractivity contribution in [2.45, 2.75) is 25.4 Å². The summed E-state index contributed by atoms with van der Waals surface area (Å²) in [6, 6.07) is 0. The molecule has 0 saturated carbocycles. The molecule has 5 nitrogen and oxygen atoms in total. The van der Waals surface area contributed by atoms with Crippen LogP contribution in [-0.2, 0) is 23.8 Å². The van der Waals surface area contributed by atoms with E-state index in [0.717, 1.165) is 0 Å². The van der Waals surface area contributed by atoms with Crippen molar-refractivity contribution in [3.63, 3.8) is 0 Å². The number of methoxy groups -OCH3 is 1. The maximum atomic E-state index is 10.9. The van der Waals surface area contributed by atoms with Gasteiger partial charge in [0.15, 0.2) is 6.10 Å². The SMILES string of the molecule is COC(=O)CCCOC1CCOC1=O. The predicted molar refractivity (Wildman–Crippen MR) is 46.6 cm³/mol. The maximum absolute atomic E-state index is 10.9. The normalized spacial score (nSPS) is 20.6. The van der Waals surface area contributed by atoms with Crippen LogP contribution in [0.5, 0.6) is 0 Å². The first-order chi connectivity index (χ1) is 6.74. The van der Waals surface area contributed by atoms with Gasteiger partial charge < -0.3 is 14.2 Å². The van der Waals surface area contributed by atoms with E-state index in [1.54, 1.807) is 0 Å². The Morgan fingerprint density at radius 1 is 1.64 bits per heavy atom. The molecule has 1 aliphatic heterocycles. The highest BCUT2D eigenvalue weighted by atomic mass is 16.6. The third-order valence-electron chi connectivity index (χ3n) is 1.96. The summed E-state index contributed by atoms with van der Waals surface area (Å²) in [7, 11) is 1.34. The minimum absolute atomic E-state index is 0.261. The van der Waals surface area contributed by atoms with Gasteiger partial charge in [-0.3, -0.25) is 4.79 Å². The topological polar surface area (TPSA) is 61.8 Å². The number of carbonyl (C=O) groups excluding carboxylic acids is 2. The van der Waals surface area contributed by atoms with Gasteiger partial charge in [-0.25, -0.2) is 4.79 Å². The van der Waals surface area contributed by atoms with Gasteiger partial charge in [-0.1, -0.05) is 0 Å². The molecule has 0 aromatic carbocycles. The molecular weight excluding hydrogens is 188 g/mol. The molecule has 0 spiro atoms. The van der Waals surface area contributed by atoms with Crippen molar-refractivity contribution in [2.24, 2.45) is 0 Å². The maximum Gasteiger partial charge on any atom is 0.335 e. The van der Waals surface area contributed by atoms with Crippen molar-refractivity contribution in [3.8, 4) is 0 Å². The Balaban J connectivity index is 2.03. The summed E-state index contributed by atoms with van der Waals surface area (Å²) < 4.78 is 14.4. The first kappa shape index (κ1) is 11.0. The lowest BCUT2D eigenvalue weighted by atomic mass is 10.3. The first-order valence-electron chi connectivity index (χ1n) is 4.59. The number of esters is 2. The summed E-state index contributed by atoms with van der Waals surface area (Å²) >= 11 is 0. The molecule has 0 amide bonds. The van der Waals surface area contributed by atoms with E-state index in [-0.39, 0.29) is 11.9 Å². The molecule has 1 fully saturated rings. The molecule has 5 heteroatoms. The van der Waals surface area contributed by atoms with Gasteiger partial charge in [0.2, 0.25) is 0 Å². The molecule has 1 aliphatic rings. The Kier molecular flexibility index (Phi) is 4.39. The lowest BCUT2D eigenvalue weighted by Gasteiger charge is -2.06. The van der Waals surface area contributed by atoms with Crippen molar-refractivity contribution in [1.82, 2.24) is 0 Å². The first-order valence-corrected chi connectivity index (χ1v) is 4.59. The highest BCUT2D eigenvalue weighted by Gasteiger charge is 2.26. The molecule has 1 saturated heterocycles. The molecule has 1 heterocycles. The summed E-state index contributed by atoms with van der Waals surface area (Å²) in [5, 5.41) is 0. The molecule has 0 aromatic heterocycles. The molecule has 1 rings (SSSR count). The third kappa shape index (κ3) is 3.33. The fourth-order valence-electron chi connectivity index (χ4n) is 1.17. The van der Waals surface area contributed by atoms with Crippen molar-refractivity contribution < 1.29 is 23.8 Å². The summed E-state index contributed by atoms with van der Waals surface area (Å²) in [5.74, 6) is -0.564. The number of cyclic esters (lactones) is 1. The van der Waals surface area contributed by atoms with E-state index < -0.39 is 6.10 Å². The van der Waals surface area contributed by atoms with E-state index in [1.165, 1.54) is 7.11 Å². The van der Waals surface area contributed by atoms with Crippen LogP contribution < -0.4 is 0 Å². The van der Waals surface area contributed by atoms with Gasteiger partial charge in [0.1, 0.15) is 0 Å². The van der Waals surface area contributed by atoms with E-state index in [4.69, 9.17) is 9.47 Å². The Bertz CT molecular complexity index is 213. The van der Waals surface area contributed by atoms with Crippen LogP contribution in [0.15, 0.2) is 0 Å². The van der Waals surface area contributed by atoms with Crippen LogP contribution in [0, 0.1) is 0 Å². The molecule has 1 atom stereocenters. The van der Waals surface area contributed by atoms with E-state index in [9.17, 15) is 9.59 Å². The summed E-state index contributed by atoms with van der Waals surface area (Å²) in [4.78, 5) is 21.6. The minimum atomic E-state index is -0.437. The second-order valence-corrected chi connectivity index (χ2v) is 3.00. The Morgan fingerprint density at radius 2 is 2.43 bits per heavy atom. The van der Waals surface area contributed by atoms with E-state index in [1.807, 2.05) is 0 Å². The second-order valence-electron chi connectivity index (χ2n) is 3.00. The molecule has 0 N–H and O–H groups in total. The average molecular weight is 202 g/mol. The van der Waals surface area contributed by atoms with Crippen LogP contribution >= 0.6 is 0 Å². The van der Waals surface area contributed by atoms with Crippen molar-refractivity contribution in [2.75, 3.05) is 20.3 Å². The number of ether oxygens (including phenoxy) is 3. The number of hydrogen-bond acceptors (Lipinski definition) is 5. The molecule has 0 aliphatic carbocycles. The van der Waals surface area contributed by atoms with Crippen molar-refractivity contribution in [1.29, 1.82) is 0 Å². The fraction of sp³-hybridized carbons (Fsp3) is 0.778. The highest BCUT2D eigenvalue weighted by Crippen LogP contribution is 2.10. The van der Waals surface area contributed by atoms with Crippen LogP contribution in [0.2, 0.25) is 0 Å². The third-order valence-corrected chi connectivity index (χ3v) is 1.96. The summed E-state index contributed by atoms with van der Waals surface area (Å²) in [5.41, 5.74) is 0. The summed E-state index contributed by atoms with van der Waals surface area (Å²) in [6.45, 7) is 0.815. The molecule has 1 unspecified atom stereocenters. The van der Waals surface area contributed by atoms with Gasteiger partial charge >= 0.3 is 11.9 Å². The molecule has 14 heavy (non-hydrogen) atoms. The number of rotatable bonds is 5. The lowest BCUT2D eigenvalue weighted by molar-refractivity contribution is -0.147. The van der Waals surface area contributed by atoms with E-state index in [2.05, 4.69) is 4.74 Å². The Labute approximate surface area is 82.3 Å². The van der Waals surface area contributed by atoms with Crippen LogP contribution in [0.1, 0.15) is 19.3 Å². The predicted octanol–water partition coefficient (Wildman–Crippen LogP) is 0.272. The zero-order valence-electron chi connectivity index (χ0n) is 8.15. The van der Waals surface area contributed by atoms with Crippen LogP contribution in [0.25, 0.3) is 0 Å². The van der Waals surface area contributed by atoms with Crippen LogP contribution in [0.4, 0.5) is 0 Å². The van der Waals surface area contributed by atoms with Crippen LogP contribution in [0.3, 0.4) is 0 Å². The number of carbonyl (C=O) groups is 2. The zero-order valence-corrected chi connectivity index (χ0v) is 8.15. The van der Waals surface area contributed by atoms with Gasteiger partial charge in [0, 0.05) is 19.4 Å². The molecule has 80 valence electrons. The fourth-order valence-corrected chi connectivity index (χ4v) is 1.17. The molecule has 0 radical (unpaired) electrons. The monoisotopic (exact) mass is 202 g/mol. The largest absolute Gasteiger partial charge is 0.469 e. The van der Waals surface area contributed by atoms with E-state index in [0.29, 0.717) is 32.5 Å². The van der Waals surface area contributed by atoms with Crippen LogP contribution in [-0.4, -0.2) is 38.4 Å². The smallest absolute Gasteiger partial charge is 0.335 e. The quantitative estimate of drug-likeness (QED) is 0.473. The van der Waals surface area contributed by atoms with Crippen molar-refractivity contribution in [3.05, 3.63) is 0 Å². The Hall–Kier alpha value is -1.10. The van der Waals surface area contributed by atoms with Gasteiger partial charge in [-0.05, 0) is 6.42 Å². The Morgan fingerprint density at radius 3 is 3.00 bits per heavy atom. The van der Waals surface area contributed by atoms with Gasteiger partial charge in [-0.2, -0.15) is 0 Å². The molecule has 0 aromatic rings. The standard InChI is InChI=1S/C9H14O5/c1-12-8(10)3-2-5-13-7-4-6-14-9(7)11/h7H,2-6H2,1H3. The second kappa shape index (κ2) is 5.59. The number of hydrogen-bond donors (Lipinski definition) is 0. The van der Waals surface area contributed by atoms with Gasteiger partial charge in [0.05, 0.1) is 13.7 Å². The van der Waals surface area contributed by atoms with Crippen molar-refractivity contribution >= 4 is 11.9 Å². The lowest BCUT2D eigenvalue weighted by Crippen LogP contribution is -2.19. The van der Waals surface area contributed by atoms with Gasteiger partial charge in [0.25, 0.3) is 0 Å². The molecular formula is C9H14O5. The molecule has 0 bridgehead atoms. The zero-order chi connectivity index (χ0) is 10.4. The van der Waals surface area contributed by atoms with E-state index >= 15 is 0 Å². The minimum Gasteiger partial charge on any atom is -0.469 e.